The van der Waals surface area contributed by atoms with Crippen molar-refractivity contribution in [2.45, 2.75) is 13.3 Å². The fourth-order valence-electron chi connectivity index (χ4n) is 0.733. The summed E-state index contributed by atoms with van der Waals surface area (Å²) in [6, 6.07) is 10.0. The van der Waals surface area contributed by atoms with Crippen LogP contribution in [0, 0.1) is 0 Å². The first-order valence-electron chi connectivity index (χ1n) is 4.37. The minimum atomic E-state index is 1.05. The lowest BCUT2D eigenvalue weighted by molar-refractivity contribution is 1.23. The smallest absolute Gasteiger partial charge is 0.0263 e. The molecule has 1 aromatic rings. The first-order chi connectivity index (χ1) is 6.35. The molecule has 0 saturated heterocycles. The van der Waals surface area contributed by atoms with Gasteiger partial charge >= 0.3 is 0 Å². The van der Waals surface area contributed by atoms with E-state index in [1.807, 2.05) is 42.5 Å². The van der Waals surface area contributed by atoms with E-state index in [-0.39, 0.29) is 0 Å². The zero-order valence-electron chi connectivity index (χ0n) is 8.16. The Kier molecular flexibility index (Phi) is 7.57. The van der Waals surface area contributed by atoms with Crippen molar-refractivity contribution >= 4 is 6.08 Å². The third-order valence-corrected chi connectivity index (χ3v) is 1.38. The van der Waals surface area contributed by atoms with Crippen LogP contribution in [-0.4, -0.2) is 0 Å². The van der Waals surface area contributed by atoms with Crippen LogP contribution >= 0.6 is 0 Å². The van der Waals surface area contributed by atoms with E-state index in [0.717, 1.165) is 6.42 Å². The molecule has 68 valence electrons. The molecule has 0 spiro atoms. The first-order valence-corrected chi connectivity index (χ1v) is 4.37. The molecular weight excluding hydrogens is 156 g/mol. The van der Waals surface area contributed by atoms with E-state index in [1.54, 1.807) is 0 Å². The molecular formula is C13H16. The van der Waals surface area contributed by atoms with Gasteiger partial charge in [0.05, 0.1) is 0 Å². The molecule has 0 unspecified atom stereocenters. The molecule has 0 saturated carbocycles. The van der Waals surface area contributed by atoms with Gasteiger partial charge in [-0.2, -0.15) is 0 Å². The second-order valence-corrected chi connectivity index (χ2v) is 2.43. The van der Waals surface area contributed by atoms with Crippen LogP contribution in [0.15, 0.2) is 55.3 Å². The van der Waals surface area contributed by atoms with Crippen LogP contribution in [0.1, 0.15) is 18.9 Å². The fourth-order valence-corrected chi connectivity index (χ4v) is 0.733. The molecule has 0 atom stereocenters. The highest BCUT2D eigenvalue weighted by Crippen LogP contribution is 1.97. The maximum absolute atomic E-state index is 3.63. The van der Waals surface area contributed by atoms with Gasteiger partial charge in [-0.05, 0) is 18.1 Å². The first kappa shape index (κ1) is 11.5. The Morgan fingerprint density at radius 3 is 2.15 bits per heavy atom. The molecule has 0 aliphatic carbocycles. The molecule has 1 aromatic carbocycles. The predicted octanol–water partition coefficient (Wildman–Crippen LogP) is 4.07. The summed E-state index contributed by atoms with van der Waals surface area (Å²) in [5.41, 5.74) is 3.82. The SMILES string of the molecule is C=C=CCC.C=Cc1ccccc1. The maximum Gasteiger partial charge on any atom is -0.0263 e. The third-order valence-electron chi connectivity index (χ3n) is 1.38. The standard InChI is InChI=1S/C8H8.C5H8/c1-2-8-6-4-3-5-7-8;1-3-5-4-2/h2-7H,1H2;5H,1,4H2,2H3. The van der Waals surface area contributed by atoms with Crippen LogP contribution in [0.4, 0.5) is 0 Å². The van der Waals surface area contributed by atoms with Gasteiger partial charge in [0.25, 0.3) is 0 Å². The largest absolute Gasteiger partial charge is 0.133 e. The summed E-state index contributed by atoms with van der Waals surface area (Å²) < 4.78 is 0. The molecule has 0 aliphatic heterocycles. The summed E-state index contributed by atoms with van der Waals surface area (Å²) in [7, 11) is 0. The zero-order chi connectivity index (χ0) is 9.94. The lowest BCUT2D eigenvalue weighted by atomic mass is 10.2. The lowest BCUT2D eigenvalue weighted by Crippen LogP contribution is -1.63. The lowest BCUT2D eigenvalue weighted by Gasteiger charge is -1.85. The Bertz CT molecular complexity index is 263. The van der Waals surface area contributed by atoms with Gasteiger partial charge in [-0.3, -0.25) is 0 Å². The summed E-state index contributed by atoms with van der Waals surface area (Å²) in [6.07, 6.45) is 4.77. The minimum Gasteiger partial charge on any atom is -0.133 e. The van der Waals surface area contributed by atoms with Crippen LogP contribution in [0.2, 0.25) is 0 Å². The van der Waals surface area contributed by atoms with Crippen LogP contribution in [-0.2, 0) is 0 Å². The second-order valence-electron chi connectivity index (χ2n) is 2.43. The average molecular weight is 172 g/mol. The molecule has 0 aliphatic rings. The van der Waals surface area contributed by atoms with Gasteiger partial charge in [0.1, 0.15) is 0 Å². The van der Waals surface area contributed by atoms with Gasteiger partial charge in [0.2, 0.25) is 0 Å². The number of hydrogen-bond donors (Lipinski definition) is 0. The van der Waals surface area contributed by atoms with Crippen molar-refractivity contribution in [3.05, 3.63) is 60.9 Å². The monoisotopic (exact) mass is 172 g/mol. The highest BCUT2D eigenvalue weighted by molar-refractivity contribution is 5.45. The molecule has 0 radical (unpaired) electrons. The van der Waals surface area contributed by atoms with Gasteiger partial charge in [-0.25, -0.2) is 0 Å². The normalized spacial score (nSPS) is 7.46. The average Bonchev–Trinajstić information content (AvgIpc) is 2.21. The van der Waals surface area contributed by atoms with E-state index in [1.165, 1.54) is 5.56 Å². The van der Waals surface area contributed by atoms with Gasteiger partial charge in [0, 0.05) is 0 Å². The Labute approximate surface area is 80.9 Å². The van der Waals surface area contributed by atoms with E-state index >= 15 is 0 Å². The van der Waals surface area contributed by atoms with Crippen LogP contribution in [0.3, 0.4) is 0 Å². The van der Waals surface area contributed by atoms with Crippen molar-refractivity contribution in [1.82, 2.24) is 0 Å². The second kappa shape index (κ2) is 8.58. The Morgan fingerprint density at radius 1 is 1.31 bits per heavy atom. The number of rotatable bonds is 2. The fraction of sp³-hybridized carbons (Fsp3) is 0.154. The van der Waals surface area contributed by atoms with Crippen molar-refractivity contribution in [1.29, 1.82) is 0 Å². The van der Waals surface area contributed by atoms with Crippen LogP contribution < -0.4 is 0 Å². The minimum absolute atomic E-state index is 1.05. The van der Waals surface area contributed by atoms with Crippen molar-refractivity contribution in [3.63, 3.8) is 0 Å². The van der Waals surface area contributed by atoms with Crippen molar-refractivity contribution in [2.24, 2.45) is 0 Å². The number of allylic oxidation sites excluding steroid dienone is 1. The number of benzene rings is 1. The van der Waals surface area contributed by atoms with E-state index in [2.05, 4.69) is 25.8 Å². The third kappa shape index (κ3) is 6.86. The van der Waals surface area contributed by atoms with E-state index in [9.17, 15) is 0 Å². The van der Waals surface area contributed by atoms with Gasteiger partial charge in [-0.1, -0.05) is 56.5 Å². The molecule has 0 aromatic heterocycles. The van der Waals surface area contributed by atoms with Crippen molar-refractivity contribution < 1.29 is 0 Å². The molecule has 0 amide bonds. The molecule has 0 heteroatoms. The predicted molar refractivity (Wildman–Crippen MR) is 60.5 cm³/mol. The number of hydrogen-bond acceptors (Lipinski definition) is 0. The topological polar surface area (TPSA) is 0 Å². The Balaban J connectivity index is 0.000000252. The molecule has 0 N–H and O–H groups in total. The Morgan fingerprint density at radius 2 is 1.92 bits per heavy atom. The van der Waals surface area contributed by atoms with Gasteiger partial charge < -0.3 is 0 Å². The summed E-state index contributed by atoms with van der Waals surface area (Å²) in [4.78, 5) is 0. The summed E-state index contributed by atoms with van der Waals surface area (Å²) >= 11 is 0. The molecule has 0 heterocycles. The zero-order valence-corrected chi connectivity index (χ0v) is 8.16. The summed E-state index contributed by atoms with van der Waals surface area (Å²) in [6.45, 7) is 9.05. The van der Waals surface area contributed by atoms with Gasteiger partial charge in [0.15, 0.2) is 0 Å². The molecule has 1 rings (SSSR count). The van der Waals surface area contributed by atoms with Crippen LogP contribution in [0.5, 0.6) is 0 Å². The Hall–Kier alpha value is -1.52. The quantitative estimate of drug-likeness (QED) is 0.590. The highest BCUT2D eigenvalue weighted by atomic mass is 13.8. The molecule has 0 fully saturated rings. The van der Waals surface area contributed by atoms with E-state index in [0.29, 0.717) is 0 Å². The summed E-state index contributed by atoms with van der Waals surface area (Å²) in [5, 5.41) is 0. The maximum atomic E-state index is 3.63. The van der Waals surface area contributed by atoms with Crippen molar-refractivity contribution in [3.8, 4) is 0 Å². The van der Waals surface area contributed by atoms with Crippen LogP contribution in [0.25, 0.3) is 6.08 Å². The van der Waals surface area contributed by atoms with E-state index in [4.69, 9.17) is 0 Å². The molecule has 0 nitrogen and oxygen atoms in total. The molecule has 0 bridgehead atoms. The van der Waals surface area contributed by atoms with E-state index < -0.39 is 0 Å². The molecule has 13 heavy (non-hydrogen) atoms. The van der Waals surface area contributed by atoms with Gasteiger partial charge in [-0.15, -0.1) is 5.73 Å². The summed E-state index contributed by atoms with van der Waals surface area (Å²) in [5.74, 6) is 0. The highest BCUT2D eigenvalue weighted by Gasteiger charge is 1.75. The van der Waals surface area contributed by atoms with Crippen molar-refractivity contribution in [2.75, 3.05) is 0 Å².